The summed E-state index contributed by atoms with van der Waals surface area (Å²) < 4.78 is 6.78. The van der Waals surface area contributed by atoms with Gasteiger partial charge in [-0.15, -0.1) is 0 Å². The Morgan fingerprint density at radius 1 is 0.677 bits per heavy atom. The number of oxazole rings is 1. The Balaban J connectivity index is 1.43. The number of hydrogen-bond acceptors (Lipinski definition) is 3. The molecule has 0 saturated carbocycles. The summed E-state index contributed by atoms with van der Waals surface area (Å²) in [5.74, 6) is 0.590. The quantitative estimate of drug-likeness (QED) is 0.261. The fourth-order valence-electron chi connectivity index (χ4n) is 3.49. The van der Waals surface area contributed by atoms with Gasteiger partial charge in [-0.3, -0.25) is 0 Å². The van der Waals surface area contributed by atoms with Gasteiger partial charge in [-0.1, -0.05) is 64.5 Å². The van der Waals surface area contributed by atoms with E-state index in [1.54, 1.807) is 0 Å². The third kappa shape index (κ3) is 4.30. The number of rotatable bonds is 5. The molecule has 4 aromatic carbocycles. The number of halogens is 1. The highest BCUT2D eigenvalue weighted by Crippen LogP contribution is 2.34. The summed E-state index contributed by atoms with van der Waals surface area (Å²) in [5.41, 5.74) is 6.03. The summed E-state index contributed by atoms with van der Waals surface area (Å²) in [4.78, 5) is 6.76. The smallest absolute Gasteiger partial charge is 0.220 e. The maximum atomic E-state index is 5.80. The Morgan fingerprint density at radius 2 is 1.29 bits per heavy atom. The van der Waals surface area contributed by atoms with Gasteiger partial charge in [0.05, 0.1) is 0 Å². The van der Waals surface area contributed by atoms with Crippen LogP contribution >= 0.6 is 15.9 Å². The molecule has 0 aliphatic carbocycles. The van der Waals surface area contributed by atoms with E-state index in [-0.39, 0.29) is 0 Å². The lowest BCUT2D eigenvalue weighted by molar-refractivity contribution is 0.589. The number of nitrogens with zero attached hydrogens (tertiary/aromatic N) is 2. The summed E-state index contributed by atoms with van der Waals surface area (Å²) >= 11 is 3.47. The summed E-state index contributed by atoms with van der Waals surface area (Å²) in [6, 6.07) is 35.0. The molecule has 0 radical (unpaired) electrons. The van der Waals surface area contributed by atoms with Crippen molar-refractivity contribution in [3.05, 3.63) is 119 Å². The molecule has 0 bridgehead atoms. The lowest BCUT2D eigenvalue weighted by atomic mass is 10.1. The number of anilines is 3. The topological polar surface area (TPSA) is 29.3 Å². The van der Waals surface area contributed by atoms with Crippen LogP contribution in [0.15, 0.2) is 112 Å². The normalized spacial score (nSPS) is 11.3. The van der Waals surface area contributed by atoms with Gasteiger partial charge in [0.2, 0.25) is 5.89 Å². The lowest BCUT2D eigenvalue weighted by Crippen LogP contribution is -2.09. The molecule has 0 unspecified atom stereocenters. The van der Waals surface area contributed by atoms with Gasteiger partial charge in [0.1, 0.15) is 5.52 Å². The van der Waals surface area contributed by atoms with E-state index in [0.717, 1.165) is 38.2 Å². The molecule has 4 heteroatoms. The van der Waals surface area contributed by atoms with Crippen LogP contribution in [-0.2, 0) is 0 Å². The summed E-state index contributed by atoms with van der Waals surface area (Å²) in [7, 11) is 0. The standard InChI is InChI=1S/C27H19BrN2O/c28-21-14-17-26-25(19-21)29-27(31-26)18-13-20-11-15-24(16-12-20)30(22-7-3-1-4-8-22)23-9-5-2-6-10-23/h1-19H/b18-13+. The van der Waals surface area contributed by atoms with Crippen LogP contribution < -0.4 is 4.90 Å². The molecule has 1 heterocycles. The second kappa shape index (κ2) is 8.62. The first-order valence-electron chi connectivity index (χ1n) is 10.0. The third-order valence-corrected chi connectivity index (χ3v) is 5.46. The van der Waals surface area contributed by atoms with E-state index in [1.165, 1.54) is 0 Å². The van der Waals surface area contributed by atoms with Crippen LogP contribution in [0.1, 0.15) is 11.5 Å². The highest BCUT2D eigenvalue weighted by atomic mass is 79.9. The summed E-state index contributed by atoms with van der Waals surface area (Å²) in [6.45, 7) is 0. The molecular formula is C27H19BrN2O. The van der Waals surface area contributed by atoms with Crippen molar-refractivity contribution in [1.29, 1.82) is 0 Å². The molecule has 0 N–H and O–H groups in total. The molecule has 5 rings (SSSR count). The van der Waals surface area contributed by atoms with Crippen molar-refractivity contribution in [2.75, 3.05) is 4.90 Å². The van der Waals surface area contributed by atoms with Crippen LogP contribution in [0.2, 0.25) is 0 Å². The van der Waals surface area contributed by atoms with E-state index in [1.807, 2.05) is 42.5 Å². The summed E-state index contributed by atoms with van der Waals surface area (Å²) in [5, 5.41) is 0. The highest BCUT2D eigenvalue weighted by Gasteiger charge is 2.11. The number of benzene rings is 4. The minimum absolute atomic E-state index is 0.590. The lowest BCUT2D eigenvalue weighted by Gasteiger charge is -2.25. The molecule has 0 aliphatic rings. The average Bonchev–Trinajstić information content (AvgIpc) is 3.22. The van der Waals surface area contributed by atoms with Gasteiger partial charge in [-0.2, -0.15) is 0 Å². The van der Waals surface area contributed by atoms with Crippen LogP contribution in [0, 0.1) is 0 Å². The van der Waals surface area contributed by atoms with Gasteiger partial charge >= 0.3 is 0 Å². The van der Waals surface area contributed by atoms with Gasteiger partial charge in [-0.05, 0) is 66.2 Å². The predicted octanol–water partition coefficient (Wildman–Crippen LogP) is 8.23. The molecule has 3 nitrogen and oxygen atoms in total. The van der Waals surface area contributed by atoms with Crippen LogP contribution in [0.5, 0.6) is 0 Å². The van der Waals surface area contributed by atoms with Gasteiger partial charge in [0.15, 0.2) is 5.58 Å². The average molecular weight is 467 g/mol. The molecule has 0 saturated heterocycles. The molecule has 31 heavy (non-hydrogen) atoms. The van der Waals surface area contributed by atoms with E-state index in [4.69, 9.17) is 4.42 Å². The zero-order valence-electron chi connectivity index (χ0n) is 16.7. The molecule has 0 fully saturated rings. The molecule has 5 aromatic rings. The second-order valence-corrected chi connectivity index (χ2v) is 8.01. The largest absolute Gasteiger partial charge is 0.437 e. The molecule has 0 amide bonds. The Morgan fingerprint density at radius 3 is 1.94 bits per heavy atom. The Bertz CT molecular complexity index is 1290. The minimum atomic E-state index is 0.590. The van der Waals surface area contributed by atoms with Crippen molar-refractivity contribution < 1.29 is 4.42 Å². The molecule has 0 spiro atoms. The van der Waals surface area contributed by atoms with E-state index in [2.05, 4.69) is 98.6 Å². The van der Waals surface area contributed by atoms with Crippen LogP contribution in [0.25, 0.3) is 23.3 Å². The first kappa shape index (κ1) is 19.3. The zero-order valence-corrected chi connectivity index (χ0v) is 18.2. The third-order valence-electron chi connectivity index (χ3n) is 4.96. The Kier molecular flexibility index (Phi) is 5.38. The minimum Gasteiger partial charge on any atom is -0.437 e. The molecular weight excluding hydrogens is 448 g/mol. The molecule has 0 aliphatic heterocycles. The van der Waals surface area contributed by atoms with Gasteiger partial charge in [0.25, 0.3) is 0 Å². The maximum Gasteiger partial charge on any atom is 0.220 e. The highest BCUT2D eigenvalue weighted by molar-refractivity contribution is 9.10. The number of hydrogen-bond donors (Lipinski definition) is 0. The summed E-state index contributed by atoms with van der Waals surface area (Å²) in [6.07, 6.45) is 3.91. The number of aromatic nitrogens is 1. The van der Waals surface area contributed by atoms with Crippen molar-refractivity contribution in [3.8, 4) is 0 Å². The maximum absolute atomic E-state index is 5.80. The first-order valence-corrected chi connectivity index (χ1v) is 10.8. The number of fused-ring (bicyclic) bond motifs is 1. The zero-order chi connectivity index (χ0) is 21.0. The van der Waals surface area contributed by atoms with E-state index >= 15 is 0 Å². The Hall–Kier alpha value is -3.63. The van der Waals surface area contributed by atoms with Crippen LogP contribution in [0.4, 0.5) is 17.1 Å². The molecule has 1 aromatic heterocycles. The fourth-order valence-corrected chi connectivity index (χ4v) is 3.84. The van der Waals surface area contributed by atoms with Gasteiger partial charge < -0.3 is 9.32 Å². The van der Waals surface area contributed by atoms with Crippen molar-refractivity contribution in [1.82, 2.24) is 4.98 Å². The number of para-hydroxylation sites is 2. The first-order chi connectivity index (χ1) is 15.3. The van der Waals surface area contributed by atoms with E-state index in [9.17, 15) is 0 Å². The van der Waals surface area contributed by atoms with Crippen molar-refractivity contribution >= 4 is 56.2 Å². The van der Waals surface area contributed by atoms with E-state index in [0.29, 0.717) is 5.89 Å². The Labute approximate surface area is 189 Å². The second-order valence-electron chi connectivity index (χ2n) is 7.10. The van der Waals surface area contributed by atoms with E-state index < -0.39 is 0 Å². The van der Waals surface area contributed by atoms with Crippen molar-refractivity contribution in [2.45, 2.75) is 0 Å². The van der Waals surface area contributed by atoms with Crippen molar-refractivity contribution in [2.24, 2.45) is 0 Å². The monoisotopic (exact) mass is 466 g/mol. The molecule has 150 valence electrons. The van der Waals surface area contributed by atoms with Crippen LogP contribution in [0.3, 0.4) is 0 Å². The SMILES string of the molecule is Brc1ccc2oc(/C=C/c3ccc(N(c4ccccc4)c4ccccc4)cc3)nc2c1. The fraction of sp³-hybridized carbons (Fsp3) is 0. The molecule has 0 atom stereocenters. The predicted molar refractivity (Wildman–Crippen MR) is 132 cm³/mol. The van der Waals surface area contributed by atoms with Gasteiger partial charge in [0, 0.05) is 27.6 Å². The van der Waals surface area contributed by atoms with Gasteiger partial charge in [-0.25, -0.2) is 4.98 Å². The van der Waals surface area contributed by atoms with Crippen molar-refractivity contribution in [3.63, 3.8) is 0 Å². The van der Waals surface area contributed by atoms with Crippen LogP contribution in [-0.4, -0.2) is 4.98 Å².